The maximum absolute atomic E-state index is 2.53. The van der Waals surface area contributed by atoms with Crippen LogP contribution in [0.4, 0.5) is 0 Å². The van der Waals surface area contributed by atoms with E-state index in [9.17, 15) is 0 Å². The topological polar surface area (TPSA) is 0 Å². The maximum atomic E-state index is 2.53. The molecule has 2 aliphatic carbocycles. The minimum absolute atomic E-state index is 0.154. The molecule has 1 aliphatic heterocycles. The van der Waals surface area contributed by atoms with E-state index in [1.807, 2.05) is 11.3 Å². The summed E-state index contributed by atoms with van der Waals surface area (Å²) in [5.41, 5.74) is 8.97. The molecule has 0 nitrogen and oxygen atoms in total. The van der Waals surface area contributed by atoms with Crippen molar-refractivity contribution in [3.05, 3.63) is 71.6 Å². The highest BCUT2D eigenvalue weighted by Gasteiger charge is 2.36. The van der Waals surface area contributed by atoms with Crippen LogP contribution in [0, 0.1) is 20.8 Å². The van der Waals surface area contributed by atoms with Gasteiger partial charge in [0, 0.05) is 19.5 Å². The summed E-state index contributed by atoms with van der Waals surface area (Å²) in [7, 11) is -0.778. The first kappa shape index (κ1) is 18.6. The van der Waals surface area contributed by atoms with Gasteiger partial charge >= 0.3 is 0 Å². The van der Waals surface area contributed by atoms with Gasteiger partial charge in [0.1, 0.15) is 0 Å². The lowest BCUT2D eigenvalue weighted by atomic mass is 10.0. The molecule has 3 heteroatoms. The van der Waals surface area contributed by atoms with Crippen molar-refractivity contribution in [2.24, 2.45) is 0 Å². The summed E-state index contributed by atoms with van der Waals surface area (Å²) in [6.45, 7) is 16.6. The third-order valence-corrected chi connectivity index (χ3v) is 12.3. The lowest BCUT2D eigenvalue weighted by Gasteiger charge is -2.24. The summed E-state index contributed by atoms with van der Waals surface area (Å²) in [4.78, 5) is 4.75. The van der Waals surface area contributed by atoms with Crippen molar-refractivity contribution in [2.75, 3.05) is 0 Å². The molecule has 0 saturated carbocycles. The van der Waals surface area contributed by atoms with E-state index in [0.29, 0.717) is 5.25 Å². The van der Waals surface area contributed by atoms with Crippen LogP contribution in [-0.4, -0.2) is 13.7 Å². The second kappa shape index (κ2) is 6.29. The molecule has 1 aromatic heterocycles. The summed E-state index contributed by atoms with van der Waals surface area (Å²) in [6, 6.07) is 7.24. The van der Waals surface area contributed by atoms with Gasteiger partial charge in [-0.15, -0.1) is 21.8 Å². The Balaban J connectivity index is 1.84. The normalized spacial score (nSPS) is 22.6. The Labute approximate surface area is 176 Å². The molecule has 0 fully saturated rings. The van der Waals surface area contributed by atoms with Gasteiger partial charge in [0.2, 0.25) is 0 Å². The molecule has 0 saturated heterocycles. The van der Waals surface area contributed by atoms with E-state index in [-0.39, 0.29) is 10.5 Å². The Morgan fingerprint density at radius 2 is 1.71 bits per heavy atom. The van der Waals surface area contributed by atoms with Crippen LogP contribution in [0.15, 0.2) is 34.8 Å². The van der Waals surface area contributed by atoms with Crippen molar-refractivity contribution in [1.29, 1.82) is 0 Å². The number of thiophene rings is 1. The molecule has 1 aromatic carbocycles. The van der Waals surface area contributed by atoms with Crippen molar-refractivity contribution in [2.45, 2.75) is 53.0 Å². The fourth-order valence-electron chi connectivity index (χ4n) is 5.21. The fraction of sp³-hybridized carbons (Fsp3) is 0.320. The van der Waals surface area contributed by atoms with Crippen molar-refractivity contribution in [1.82, 2.24) is 0 Å². The molecule has 5 rings (SSSR count). The average Bonchev–Trinajstić information content (AvgIpc) is 3.27. The quantitative estimate of drug-likeness (QED) is 0.442. The second-order valence-electron chi connectivity index (χ2n) is 8.86. The Hall–Kier alpha value is -1.42. The van der Waals surface area contributed by atoms with Crippen LogP contribution < -0.4 is 9.75 Å². The predicted molar refractivity (Wildman–Crippen MR) is 133 cm³/mol. The highest BCUT2D eigenvalue weighted by atomic mass is 32.2. The van der Waals surface area contributed by atoms with Crippen LogP contribution in [0.1, 0.15) is 46.2 Å². The molecular formula is C25H28S2Si. The first-order valence-electron chi connectivity index (χ1n) is 10.2. The van der Waals surface area contributed by atoms with Gasteiger partial charge in [0.15, 0.2) is 0 Å². The minimum atomic E-state index is -0.932. The SMILES string of the molecule is CC1=Cc2c(C)cc(C)cc2C1S1=C2C(=c3cc(C)sc3=C2[SiH](C)C)C=C1C. The average molecular weight is 421 g/mol. The summed E-state index contributed by atoms with van der Waals surface area (Å²) >= 11 is 2.02. The van der Waals surface area contributed by atoms with Crippen LogP contribution in [-0.2, 0) is 0 Å². The Morgan fingerprint density at radius 3 is 2.43 bits per heavy atom. The molecule has 0 N–H and O–H groups in total. The van der Waals surface area contributed by atoms with Gasteiger partial charge in [-0.1, -0.05) is 42.4 Å². The number of hydrogen-bond acceptors (Lipinski definition) is 1. The van der Waals surface area contributed by atoms with Gasteiger partial charge in [-0.3, -0.25) is 0 Å². The van der Waals surface area contributed by atoms with Gasteiger partial charge in [-0.05, 0) is 79.1 Å². The zero-order valence-electron chi connectivity index (χ0n) is 17.9. The maximum Gasteiger partial charge on any atom is 0.0681 e. The van der Waals surface area contributed by atoms with Gasteiger partial charge in [-0.25, -0.2) is 0 Å². The predicted octanol–water partition coefficient (Wildman–Crippen LogP) is 5.53. The molecule has 2 heterocycles. The van der Waals surface area contributed by atoms with Crippen LogP contribution in [0.25, 0.3) is 16.8 Å². The molecule has 144 valence electrons. The number of benzene rings is 1. The van der Waals surface area contributed by atoms with E-state index >= 15 is 0 Å². The van der Waals surface area contributed by atoms with Crippen LogP contribution in [0.3, 0.4) is 0 Å². The van der Waals surface area contributed by atoms with Crippen molar-refractivity contribution < 1.29 is 0 Å². The lowest BCUT2D eigenvalue weighted by molar-refractivity contribution is 1.14. The molecule has 3 aliphatic rings. The molecule has 0 amide bonds. The highest BCUT2D eigenvalue weighted by molar-refractivity contribution is 8.21. The Morgan fingerprint density at radius 1 is 0.964 bits per heavy atom. The van der Waals surface area contributed by atoms with E-state index in [0.717, 1.165) is 0 Å². The number of allylic oxidation sites excluding steroid dienone is 2. The van der Waals surface area contributed by atoms with E-state index in [4.69, 9.17) is 0 Å². The zero-order chi connectivity index (χ0) is 19.9. The second-order valence-corrected chi connectivity index (χ2v) is 15.2. The fourth-order valence-corrected chi connectivity index (χ4v) is 12.4. The molecular weight excluding hydrogens is 392 g/mol. The first-order chi connectivity index (χ1) is 13.3. The van der Waals surface area contributed by atoms with Crippen LogP contribution in [0.2, 0.25) is 13.1 Å². The van der Waals surface area contributed by atoms with Gasteiger partial charge in [-0.2, -0.15) is 0 Å². The molecule has 2 aromatic rings. The number of rotatable bonds is 2. The molecule has 0 spiro atoms. The van der Waals surface area contributed by atoms with Crippen molar-refractivity contribution in [3.63, 3.8) is 0 Å². The Kier molecular flexibility index (Phi) is 4.17. The van der Waals surface area contributed by atoms with E-state index < -0.39 is 8.80 Å². The van der Waals surface area contributed by atoms with Gasteiger partial charge in [0.05, 0.1) is 14.0 Å². The number of hydrogen-bond donors (Lipinski definition) is 0. The van der Waals surface area contributed by atoms with Crippen LogP contribution >= 0.6 is 21.8 Å². The smallest absolute Gasteiger partial charge is 0.0681 e. The van der Waals surface area contributed by atoms with Gasteiger partial charge < -0.3 is 0 Å². The third kappa shape index (κ3) is 2.46. The van der Waals surface area contributed by atoms with E-state index in [1.54, 1.807) is 36.2 Å². The summed E-state index contributed by atoms with van der Waals surface area (Å²) < 4.78 is 1.60. The monoisotopic (exact) mass is 420 g/mol. The Bertz CT molecular complexity index is 1280. The van der Waals surface area contributed by atoms with E-state index in [2.05, 4.69) is 78.1 Å². The largest absolute Gasteiger partial charge is 0.141 e. The molecule has 2 atom stereocenters. The number of aryl methyl sites for hydroxylation is 3. The zero-order valence-corrected chi connectivity index (χ0v) is 20.6. The summed E-state index contributed by atoms with van der Waals surface area (Å²) in [5.74, 6) is 0. The molecule has 0 bridgehead atoms. The molecule has 28 heavy (non-hydrogen) atoms. The van der Waals surface area contributed by atoms with Crippen molar-refractivity contribution in [3.8, 4) is 0 Å². The minimum Gasteiger partial charge on any atom is -0.141 e. The first-order valence-corrected chi connectivity index (χ1v) is 15.2. The summed E-state index contributed by atoms with van der Waals surface area (Å²) in [6.07, 6.45) is 5.00. The standard InChI is InChI=1S/C25H28S2Si/c1-13-8-14(2)18-10-15(3)23(20(18)9-13)27-17(5)12-21-19-11-16(4)26-22(19)25(24(21)27)28(6)7/h8-12,23,28H,1-7H3. The van der Waals surface area contributed by atoms with E-state index in [1.165, 1.54) is 26.8 Å². The lowest BCUT2D eigenvalue weighted by Crippen LogP contribution is -2.22. The molecule has 0 radical (unpaired) electrons. The molecule has 2 unspecified atom stereocenters. The summed E-state index contributed by atoms with van der Waals surface area (Å²) in [5, 5.41) is 3.81. The number of fused-ring (bicyclic) bond motifs is 3. The third-order valence-electron chi connectivity index (χ3n) is 6.24. The van der Waals surface area contributed by atoms with Crippen molar-refractivity contribution >= 4 is 52.3 Å². The highest BCUT2D eigenvalue weighted by Crippen LogP contribution is 2.57. The van der Waals surface area contributed by atoms with Gasteiger partial charge in [0.25, 0.3) is 0 Å². The van der Waals surface area contributed by atoms with Crippen LogP contribution in [0.5, 0.6) is 0 Å².